The zero-order valence-electron chi connectivity index (χ0n) is 12.1. The van der Waals surface area contributed by atoms with Gasteiger partial charge in [0.1, 0.15) is 0 Å². The molecule has 4 heteroatoms. The number of hydrogen-bond donors (Lipinski definition) is 2. The van der Waals surface area contributed by atoms with Gasteiger partial charge in [-0.2, -0.15) is 0 Å². The van der Waals surface area contributed by atoms with E-state index in [0.717, 1.165) is 18.9 Å². The van der Waals surface area contributed by atoms with Crippen molar-refractivity contribution in [2.24, 2.45) is 12.0 Å². The molecular formula is C15H22N4. The van der Waals surface area contributed by atoms with Crippen LogP contribution in [0.1, 0.15) is 11.1 Å². The van der Waals surface area contributed by atoms with Crippen LogP contribution in [0.5, 0.6) is 0 Å². The molecule has 0 radical (unpaired) electrons. The molecule has 0 aliphatic heterocycles. The lowest BCUT2D eigenvalue weighted by atomic mass is 10.1. The molecule has 4 nitrogen and oxygen atoms in total. The SMILES string of the molecule is CN=C(NC)NCCc1cn(C)c2cc(C)ccc12. The molecule has 0 fully saturated rings. The minimum absolute atomic E-state index is 0.830. The van der Waals surface area contributed by atoms with Crippen LogP contribution >= 0.6 is 0 Å². The van der Waals surface area contributed by atoms with Gasteiger partial charge >= 0.3 is 0 Å². The highest BCUT2D eigenvalue weighted by molar-refractivity contribution is 5.84. The zero-order valence-corrected chi connectivity index (χ0v) is 12.1. The van der Waals surface area contributed by atoms with Crippen LogP contribution in [0.25, 0.3) is 10.9 Å². The van der Waals surface area contributed by atoms with Gasteiger partial charge in [0.25, 0.3) is 0 Å². The van der Waals surface area contributed by atoms with Gasteiger partial charge in [-0.25, -0.2) is 0 Å². The Balaban J connectivity index is 2.13. The molecule has 2 rings (SSSR count). The van der Waals surface area contributed by atoms with Crippen molar-refractivity contribution in [3.05, 3.63) is 35.5 Å². The van der Waals surface area contributed by atoms with E-state index in [1.807, 2.05) is 7.05 Å². The summed E-state index contributed by atoms with van der Waals surface area (Å²) in [6.45, 7) is 3.01. The highest BCUT2D eigenvalue weighted by Crippen LogP contribution is 2.22. The Morgan fingerprint density at radius 1 is 1.37 bits per heavy atom. The second-order valence-corrected chi connectivity index (χ2v) is 4.78. The summed E-state index contributed by atoms with van der Waals surface area (Å²) in [4.78, 5) is 4.11. The standard InChI is InChI=1S/C15H22N4/c1-11-5-6-13-12(10-19(4)14(13)9-11)7-8-18-15(16-2)17-3/h5-6,9-10H,7-8H2,1-4H3,(H2,16,17,18). The van der Waals surface area contributed by atoms with Gasteiger partial charge in [-0.05, 0) is 30.5 Å². The van der Waals surface area contributed by atoms with Crippen LogP contribution in [0.3, 0.4) is 0 Å². The first kappa shape index (κ1) is 13.5. The average Bonchev–Trinajstić information content (AvgIpc) is 2.71. The van der Waals surface area contributed by atoms with Gasteiger partial charge in [0, 0.05) is 44.8 Å². The van der Waals surface area contributed by atoms with Crippen molar-refractivity contribution in [1.82, 2.24) is 15.2 Å². The van der Waals surface area contributed by atoms with Crippen molar-refractivity contribution < 1.29 is 0 Å². The van der Waals surface area contributed by atoms with E-state index < -0.39 is 0 Å². The van der Waals surface area contributed by atoms with Crippen LogP contribution in [0.15, 0.2) is 29.4 Å². The minimum Gasteiger partial charge on any atom is -0.359 e. The van der Waals surface area contributed by atoms with Crippen molar-refractivity contribution in [1.29, 1.82) is 0 Å². The van der Waals surface area contributed by atoms with Crippen molar-refractivity contribution in [2.75, 3.05) is 20.6 Å². The summed E-state index contributed by atoms with van der Waals surface area (Å²) in [5.74, 6) is 0.830. The molecule has 1 aromatic carbocycles. The fraction of sp³-hybridized carbons (Fsp3) is 0.400. The van der Waals surface area contributed by atoms with Gasteiger partial charge in [0.05, 0.1) is 0 Å². The van der Waals surface area contributed by atoms with Crippen LogP contribution in [0, 0.1) is 6.92 Å². The predicted molar refractivity (Wildman–Crippen MR) is 81.8 cm³/mol. The Bertz CT molecular complexity index is 595. The van der Waals surface area contributed by atoms with Crippen LogP contribution in [0.4, 0.5) is 0 Å². The second kappa shape index (κ2) is 5.78. The van der Waals surface area contributed by atoms with Crippen LogP contribution < -0.4 is 10.6 Å². The Morgan fingerprint density at radius 3 is 2.84 bits per heavy atom. The molecular weight excluding hydrogens is 236 g/mol. The number of benzene rings is 1. The maximum atomic E-state index is 4.11. The van der Waals surface area contributed by atoms with Crippen LogP contribution in [-0.4, -0.2) is 31.2 Å². The molecule has 0 unspecified atom stereocenters. The zero-order chi connectivity index (χ0) is 13.8. The molecule has 2 N–H and O–H groups in total. The summed E-state index contributed by atoms with van der Waals surface area (Å²) < 4.78 is 2.20. The first-order valence-electron chi connectivity index (χ1n) is 6.58. The molecule has 0 spiro atoms. The van der Waals surface area contributed by atoms with E-state index in [-0.39, 0.29) is 0 Å². The summed E-state index contributed by atoms with van der Waals surface area (Å²) >= 11 is 0. The lowest BCUT2D eigenvalue weighted by Crippen LogP contribution is -2.35. The molecule has 0 aliphatic carbocycles. The van der Waals surface area contributed by atoms with E-state index in [4.69, 9.17) is 0 Å². The van der Waals surface area contributed by atoms with E-state index in [1.54, 1.807) is 7.05 Å². The normalized spacial score (nSPS) is 11.9. The quantitative estimate of drug-likeness (QED) is 0.651. The lowest BCUT2D eigenvalue weighted by Gasteiger charge is -2.07. The number of aryl methyl sites for hydroxylation is 2. The third-order valence-corrected chi connectivity index (χ3v) is 3.38. The molecule has 0 saturated carbocycles. The fourth-order valence-corrected chi connectivity index (χ4v) is 2.37. The number of nitrogens with one attached hydrogen (secondary N) is 2. The van der Waals surface area contributed by atoms with Crippen molar-refractivity contribution in [2.45, 2.75) is 13.3 Å². The molecule has 0 saturated heterocycles. The second-order valence-electron chi connectivity index (χ2n) is 4.78. The van der Waals surface area contributed by atoms with Gasteiger partial charge < -0.3 is 15.2 Å². The van der Waals surface area contributed by atoms with Gasteiger partial charge in [-0.3, -0.25) is 4.99 Å². The molecule has 2 aromatic rings. The maximum absolute atomic E-state index is 4.11. The number of fused-ring (bicyclic) bond motifs is 1. The summed E-state index contributed by atoms with van der Waals surface area (Å²) in [5, 5.41) is 7.65. The third-order valence-electron chi connectivity index (χ3n) is 3.38. The van der Waals surface area contributed by atoms with Crippen molar-refractivity contribution >= 4 is 16.9 Å². The molecule has 1 heterocycles. The predicted octanol–water partition coefficient (Wildman–Crippen LogP) is 1.82. The molecule has 0 aliphatic rings. The molecule has 0 bridgehead atoms. The number of hydrogen-bond acceptors (Lipinski definition) is 1. The summed E-state index contributed by atoms with van der Waals surface area (Å²) in [5.41, 5.74) is 3.97. The number of aromatic nitrogens is 1. The van der Waals surface area contributed by atoms with E-state index in [2.05, 4.69) is 58.6 Å². The van der Waals surface area contributed by atoms with E-state index >= 15 is 0 Å². The third kappa shape index (κ3) is 2.89. The van der Waals surface area contributed by atoms with Gasteiger partial charge in [-0.1, -0.05) is 12.1 Å². The first-order chi connectivity index (χ1) is 9.15. The van der Waals surface area contributed by atoms with Crippen LogP contribution in [-0.2, 0) is 13.5 Å². The fourth-order valence-electron chi connectivity index (χ4n) is 2.37. The summed E-state index contributed by atoms with van der Waals surface area (Å²) in [6.07, 6.45) is 3.20. The number of nitrogens with zero attached hydrogens (tertiary/aromatic N) is 2. The Hall–Kier alpha value is -1.97. The minimum atomic E-state index is 0.830. The van der Waals surface area contributed by atoms with Crippen LogP contribution in [0.2, 0.25) is 0 Å². The molecule has 0 amide bonds. The highest BCUT2D eigenvalue weighted by Gasteiger charge is 2.06. The van der Waals surface area contributed by atoms with E-state index in [9.17, 15) is 0 Å². The van der Waals surface area contributed by atoms with Gasteiger partial charge in [0.2, 0.25) is 0 Å². The highest BCUT2D eigenvalue weighted by atomic mass is 15.1. The number of rotatable bonds is 3. The van der Waals surface area contributed by atoms with Crippen molar-refractivity contribution in [3.63, 3.8) is 0 Å². The molecule has 102 valence electrons. The largest absolute Gasteiger partial charge is 0.359 e. The number of guanidine groups is 1. The van der Waals surface area contributed by atoms with E-state index in [1.165, 1.54) is 22.0 Å². The Labute approximate surface area is 114 Å². The average molecular weight is 258 g/mol. The smallest absolute Gasteiger partial charge is 0.190 e. The topological polar surface area (TPSA) is 41.4 Å². The summed E-state index contributed by atoms with van der Waals surface area (Å²) in [6, 6.07) is 6.62. The molecule has 19 heavy (non-hydrogen) atoms. The van der Waals surface area contributed by atoms with E-state index in [0.29, 0.717) is 0 Å². The van der Waals surface area contributed by atoms with Gasteiger partial charge in [-0.15, -0.1) is 0 Å². The summed E-state index contributed by atoms with van der Waals surface area (Å²) in [7, 11) is 5.75. The number of aliphatic imine (C=N–C) groups is 1. The Kier molecular flexibility index (Phi) is 4.10. The monoisotopic (exact) mass is 258 g/mol. The van der Waals surface area contributed by atoms with Crippen molar-refractivity contribution in [3.8, 4) is 0 Å². The maximum Gasteiger partial charge on any atom is 0.190 e. The molecule has 0 atom stereocenters. The lowest BCUT2D eigenvalue weighted by molar-refractivity contribution is 0.832. The van der Waals surface area contributed by atoms with Gasteiger partial charge in [0.15, 0.2) is 5.96 Å². The Morgan fingerprint density at radius 2 is 2.16 bits per heavy atom. The first-order valence-corrected chi connectivity index (χ1v) is 6.58. The molecule has 1 aromatic heterocycles.